The van der Waals surface area contributed by atoms with Crippen molar-refractivity contribution in [3.63, 3.8) is 0 Å². The highest BCUT2D eigenvalue weighted by molar-refractivity contribution is 6.29. The van der Waals surface area contributed by atoms with Crippen LogP contribution in [0.4, 0.5) is 5.82 Å². The van der Waals surface area contributed by atoms with Gasteiger partial charge in [0.2, 0.25) is 0 Å². The van der Waals surface area contributed by atoms with Crippen molar-refractivity contribution in [2.45, 2.75) is 13.5 Å². The second-order valence-corrected chi connectivity index (χ2v) is 3.35. The van der Waals surface area contributed by atoms with Gasteiger partial charge in [0.25, 0.3) is 0 Å². The summed E-state index contributed by atoms with van der Waals surface area (Å²) in [7, 11) is 0. The summed E-state index contributed by atoms with van der Waals surface area (Å²) >= 11 is 5.79. The fourth-order valence-corrected chi connectivity index (χ4v) is 1.36. The molecule has 0 saturated carbocycles. The highest BCUT2D eigenvalue weighted by atomic mass is 35.5. The van der Waals surface area contributed by atoms with Gasteiger partial charge >= 0.3 is 0 Å². The molecule has 1 N–H and O–H groups in total. The van der Waals surface area contributed by atoms with E-state index in [1.807, 2.05) is 0 Å². The molecule has 0 aliphatic carbocycles. The first-order valence-corrected chi connectivity index (χ1v) is 4.76. The van der Waals surface area contributed by atoms with Crippen molar-refractivity contribution in [2.75, 3.05) is 5.32 Å². The average molecular weight is 225 g/mol. The maximum Gasteiger partial charge on any atom is 0.134 e. The van der Waals surface area contributed by atoms with Crippen LogP contribution < -0.4 is 5.32 Å². The minimum Gasteiger partial charge on any atom is -0.364 e. The zero-order valence-corrected chi connectivity index (χ0v) is 8.82. The zero-order chi connectivity index (χ0) is 10.7. The Kier molecular flexibility index (Phi) is 2.82. The van der Waals surface area contributed by atoms with Crippen LogP contribution >= 0.6 is 11.6 Å². The number of aromatic nitrogens is 3. The predicted molar refractivity (Wildman–Crippen MR) is 55.6 cm³/mol. The van der Waals surface area contributed by atoms with E-state index in [0.717, 1.165) is 5.69 Å². The molecular formula is C9H9ClN4O. The van der Waals surface area contributed by atoms with E-state index in [2.05, 4.69) is 20.4 Å². The van der Waals surface area contributed by atoms with Gasteiger partial charge in [-0.15, -0.1) is 0 Å². The largest absolute Gasteiger partial charge is 0.364 e. The van der Waals surface area contributed by atoms with Crippen LogP contribution in [0.5, 0.6) is 0 Å². The molecule has 2 rings (SSSR count). The first kappa shape index (κ1) is 9.92. The highest BCUT2D eigenvalue weighted by Gasteiger charge is 2.01. The molecule has 0 aliphatic rings. The lowest BCUT2D eigenvalue weighted by atomic mass is 10.4. The Balaban J connectivity index is 2.05. The van der Waals surface area contributed by atoms with Crippen molar-refractivity contribution >= 4 is 17.4 Å². The maximum atomic E-state index is 5.79. The van der Waals surface area contributed by atoms with Gasteiger partial charge in [0, 0.05) is 12.1 Å². The second kappa shape index (κ2) is 4.27. The summed E-state index contributed by atoms with van der Waals surface area (Å²) in [6, 6.07) is 3.44. The third kappa shape index (κ3) is 2.66. The van der Waals surface area contributed by atoms with Gasteiger partial charge in [-0.25, -0.2) is 9.97 Å². The van der Waals surface area contributed by atoms with Gasteiger partial charge < -0.3 is 9.84 Å². The molecule has 6 heteroatoms. The molecule has 0 bridgehead atoms. The third-order valence-electron chi connectivity index (χ3n) is 1.75. The fourth-order valence-electron chi connectivity index (χ4n) is 1.13. The van der Waals surface area contributed by atoms with Crippen LogP contribution in [0.25, 0.3) is 0 Å². The van der Waals surface area contributed by atoms with E-state index < -0.39 is 0 Å². The number of nitrogens with one attached hydrogen (secondary N) is 1. The Bertz CT molecular complexity index is 423. The van der Waals surface area contributed by atoms with Crippen LogP contribution in [0, 0.1) is 6.92 Å². The Morgan fingerprint density at radius 1 is 1.47 bits per heavy atom. The molecule has 0 amide bonds. The van der Waals surface area contributed by atoms with Crippen molar-refractivity contribution in [3.8, 4) is 0 Å². The van der Waals surface area contributed by atoms with E-state index in [9.17, 15) is 0 Å². The molecule has 2 aromatic heterocycles. The van der Waals surface area contributed by atoms with Crippen molar-refractivity contribution in [1.82, 2.24) is 15.1 Å². The minimum atomic E-state index is 0.421. The molecule has 0 fully saturated rings. The molecule has 0 spiro atoms. The van der Waals surface area contributed by atoms with Gasteiger partial charge in [0.05, 0.1) is 6.54 Å². The highest BCUT2D eigenvalue weighted by Crippen LogP contribution is 2.11. The summed E-state index contributed by atoms with van der Waals surface area (Å²) < 4.78 is 4.70. The number of anilines is 1. The van der Waals surface area contributed by atoms with Crippen molar-refractivity contribution in [2.24, 2.45) is 0 Å². The molecule has 2 aromatic rings. The Morgan fingerprint density at radius 2 is 2.33 bits per heavy atom. The fraction of sp³-hybridized carbons (Fsp3) is 0.222. The van der Waals surface area contributed by atoms with E-state index in [4.69, 9.17) is 16.1 Å². The summed E-state index contributed by atoms with van der Waals surface area (Å²) in [6.07, 6.45) is 1.52. The van der Waals surface area contributed by atoms with Gasteiger partial charge in [-0.3, -0.25) is 0 Å². The standard InChI is InChI=1S/C9H9ClN4O/c1-6-12-8(10)4-9(13-6)11-5-7-2-3-15-14-7/h2-4H,5H2,1H3,(H,11,12,13). The van der Waals surface area contributed by atoms with Crippen LogP contribution in [0.3, 0.4) is 0 Å². The van der Waals surface area contributed by atoms with Crippen LogP contribution in [0.2, 0.25) is 5.15 Å². The van der Waals surface area contributed by atoms with Crippen molar-refractivity contribution < 1.29 is 4.52 Å². The first-order valence-electron chi connectivity index (χ1n) is 4.38. The number of aryl methyl sites for hydroxylation is 1. The summed E-state index contributed by atoms with van der Waals surface area (Å²) in [4.78, 5) is 8.13. The third-order valence-corrected chi connectivity index (χ3v) is 1.94. The monoisotopic (exact) mass is 224 g/mol. The van der Waals surface area contributed by atoms with Gasteiger partial charge in [0.15, 0.2) is 0 Å². The Morgan fingerprint density at radius 3 is 3.00 bits per heavy atom. The number of halogens is 1. The maximum absolute atomic E-state index is 5.79. The van der Waals surface area contributed by atoms with Gasteiger partial charge in [0.1, 0.15) is 28.8 Å². The van der Waals surface area contributed by atoms with Gasteiger partial charge in [-0.1, -0.05) is 16.8 Å². The molecular weight excluding hydrogens is 216 g/mol. The Labute approximate surface area is 91.5 Å². The van der Waals surface area contributed by atoms with Crippen LogP contribution in [-0.4, -0.2) is 15.1 Å². The van der Waals surface area contributed by atoms with Gasteiger partial charge in [-0.05, 0) is 6.92 Å². The minimum absolute atomic E-state index is 0.421. The lowest BCUT2D eigenvalue weighted by Crippen LogP contribution is -2.03. The van der Waals surface area contributed by atoms with E-state index >= 15 is 0 Å². The van der Waals surface area contributed by atoms with E-state index in [-0.39, 0.29) is 0 Å². The molecule has 78 valence electrons. The van der Waals surface area contributed by atoms with Crippen molar-refractivity contribution in [1.29, 1.82) is 0 Å². The summed E-state index contributed by atoms with van der Waals surface area (Å²) in [5.74, 6) is 1.31. The summed E-state index contributed by atoms with van der Waals surface area (Å²) in [5.41, 5.74) is 0.808. The smallest absolute Gasteiger partial charge is 0.134 e. The SMILES string of the molecule is Cc1nc(Cl)cc(NCc2ccon2)n1. The summed E-state index contributed by atoms with van der Waals surface area (Å²) in [6.45, 7) is 2.33. The zero-order valence-electron chi connectivity index (χ0n) is 8.07. The molecule has 0 radical (unpaired) electrons. The average Bonchev–Trinajstić information content (AvgIpc) is 2.65. The molecule has 5 nitrogen and oxygen atoms in total. The van der Waals surface area contributed by atoms with E-state index in [1.54, 1.807) is 19.1 Å². The van der Waals surface area contributed by atoms with Crippen LogP contribution in [0.15, 0.2) is 22.9 Å². The molecule has 15 heavy (non-hydrogen) atoms. The Hall–Kier alpha value is -1.62. The molecule has 2 heterocycles. The molecule has 0 unspecified atom stereocenters. The summed E-state index contributed by atoms with van der Waals surface area (Å²) in [5, 5.41) is 7.25. The lowest BCUT2D eigenvalue weighted by molar-refractivity contribution is 0.412. The van der Waals surface area contributed by atoms with E-state index in [1.165, 1.54) is 6.26 Å². The second-order valence-electron chi connectivity index (χ2n) is 2.97. The van der Waals surface area contributed by atoms with E-state index in [0.29, 0.717) is 23.3 Å². The first-order chi connectivity index (χ1) is 7.24. The number of nitrogens with zero attached hydrogens (tertiary/aromatic N) is 3. The topological polar surface area (TPSA) is 63.8 Å². The molecule has 0 aromatic carbocycles. The molecule has 0 aliphatic heterocycles. The number of hydrogen-bond donors (Lipinski definition) is 1. The molecule has 0 atom stereocenters. The lowest BCUT2D eigenvalue weighted by Gasteiger charge is -2.03. The van der Waals surface area contributed by atoms with Gasteiger partial charge in [-0.2, -0.15) is 0 Å². The van der Waals surface area contributed by atoms with Crippen molar-refractivity contribution in [3.05, 3.63) is 35.1 Å². The normalized spacial score (nSPS) is 10.3. The van der Waals surface area contributed by atoms with Crippen LogP contribution in [-0.2, 0) is 6.54 Å². The predicted octanol–water partition coefficient (Wildman–Crippen LogP) is 2.04. The number of rotatable bonds is 3. The quantitative estimate of drug-likeness (QED) is 0.809. The van der Waals surface area contributed by atoms with Crippen LogP contribution in [0.1, 0.15) is 11.5 Å². The number of hydrogen-bond acceptors (Lipinski definition) is 5. The molecule has 0 saturated heterocycles.